The average Bonchev–Trinajstić information content (AvgIpc) is 2.67. The molecule has 1 saturated heterocycles. The van der Waals surface area contributed by atoms with Crippen molar-refractivity contribution in [1.82, 2.24) is 10.3 Å². The Balaban J connectivity index is 1.96. The molecule has 1 unspecified atom stereocenters. The average molecular weight is 267 g/mol. The van der Waals surface area contributed by atoms with Gasteiger partial charge in [-0.2, -0.15) is 0 Å². The van der Waals surface area contributed by atoms with Gasteiger partial charge in [-0.15, -0.1) is 0 Å². The van der Waals surface area contributed by atoms with Gasteiger partial charge in [0.25, 0.3) is 0 Å². The molecule has 1 N–H and O–H groups in total. The van der Waals surface area contributed by atoms with Crippen LogP contribution in [0, 0.1) is 19.8 Å². The van der Waals surface area contributed by atoms with Crippen LogP contribution in [0.4, 0.5) is 0 Å². The molecule has 1 atom stereocenters. The number of nitrogens with zero attached hydrogens (tertiary/aromatic N) is 2. The van der Waals surface area contributed by atoms with E-state index in [1.54, 1.807) is 11.8 Å². The maximum Gasteiger partial charge on any atom is 0.216 e. The minimum atomic E-state index is 0.523. The maximum absolute atomic E-state index is 5.52. The van der Waals surface area contributed by atoms with Crippen molar-refractivity contribution in [2.24, 2.45) is 10.9 Å². The Labute approximate surface area is 113 Å². The quantitative estimate of drug-likeness (QED) is 0.915. The third-order valence-corrected chi connectivity index (χ3v) is 4.17. The topological polar surface area (TPSA) is 50.4 Å². The number of hydrogen-bond acceptors (Lipinski definition) is 4. The predicted octanol–water partition coefficient (Wildman–Crippen LogP) is 2.90. The molecule has 18 heavy (non-hydrogen) atoms. The van der Waals surface area contributed by atoms with Gasteiger partial charge in [0.1, 0.15) is 12.3 Å². The third-order valence-electron chi connectivity index (χ3n) is 3.21. The van der Waals surface area contributed by atoms with Crippen molar-refractivity contribution in [2.45, 2.75) is 46.7 Å². The predicted molar refractivity (Wildman–Crippen MR) is 76.0 cm³/mol. The highest BCUT2D eigenvalue weighted by Crippen LogP contribution is 2.19. The van der Waals surface area contributed by atoms with Gasteiger partial charge in [0.05, 0.1) is 5.69 Å². The van der Waals surface area contributed by atoms with Gasteiger partial charge in [0.2, 0.25) is 5.89 Å². The monoisotopic (exact) mass is 267 g/mol. The molecule has 1 aliphatic rings. The number of amidine groups is 1. The molecule has 0 aromatic carbocycles. The first kappa shape index (κ1) is 13.5. The van der Waals surface area contributed by atoms with Crippen molar-refractivity contribution < 1.29 is 4.42 Å². The zero-order valence-corrected chi connectivity index (χ0v) is 12.3. The number of hydrogen-bond donors (Lipinski definition) is 1. The van der Waals surface area contributed by atoms with Crippen LogP contribution in [0.3, 0.4) is 0 Å². The standard InChI is InChI=1S/C13H21N3OS/c1-8(2)11-5-6-18-13(16-11)14-7-12-15-9(3)10(4)17-12/h8,11H,5-7H2,1-4H3,(H,14,16). The van der Waals surface area contributed by atoms with Crippen molar-refractivity contribution in [1.29, 1.82) is 0 Å². The van der Waals surface area contributed by atoms with E-state index < -0.39 is 0 Å². The second-order valence-electron chi connectivity index (χ2n) is 5.00. The number of thioether (sulfide) groups is 1. The van der Waals surface area contributed by atoms with Crippen LogP contribution in [-0.2, 0) is 6.54 Å². The molecule has 5 heteroatoms. The van der Waals surface area contributed by atoms with Gasteiger partial charge in [-0.3, -0.25) is 4.99 Å². The number of rotatable bonds is 3. The van der Waals surface area contributed by atoms with Crippen LogP contribution in [0.25, 0.3) is 0 Å². The van der Waals surface area contributed by atoms with Crippen LogP contribution in [-0.4, -0.2) is 21.9 Å². The highest BCUT2D eigenvalue weighted by Gasteiger charge is 2.20. The van der Waals surface area contributed by atoms with Gasteiger partial charge in [0.15, 0.2) is 5.17 Å². The molecule has 0 bridgehead atoms. The zero-order chi connectivity index (χ0) is 13.1. The van der Waals surface area contributed by atoms with Crippen molar-refractivity contribution >= 4 is 16.9 Å². The third kappa shape index (κ3) is 3.28. The lowest BCUT2D eigenvalue weighted by atomic mass is 10.0. The molecule has 1 aliphatic heterocycles. The van der Waals surface area contributed by atoms with E-state index in [0.29, 0.717) is 24.4 Å². The van der Waals surface area contributed by atoms with Crippen molar-refractivity contribution in [3.63, 3.8) is 0 Å². The van der Waals surface area contributed by atoms with Crippen LogP contribution in [0.2, 0.25) is 0 Å². The van der Waals surface area contributed by atoms with Crippen LogP contribution in [0.15, 0.2) is 9.41 Å². The van der Waals surface area contributed by atoms with E-state index in [0.717, 1.165) is 22.4 Å². The first-order valence-corrected chi connectivity index (χ1v) is 7.41. The number of oxazole rings is 1. The molecule has 0 radical (unpaired) electrons. The Morgan fingerprint density at radius 2 is 2.28 bits per heavy atom. The summed E-state index contributed by atoms with van der Waals surface area (Å²) < 4.78 is 5.52. The van der Waals surface area contributed by atoms with E-state index in [4.69, 9.17) is 4.42 Å². The molecule has 4 nitrogen and oxygen atoms in total. The molecule has 1 aromatic rings. The number of nitrogens with one attached hydrogen (secondary N) is 1. The first-order valence-electron chi connectivity index (χ1n) is 6.43. The molecule has 2 heterocycles. The van der Waals surface area contributed by atoms with Crippen LogP contribution < -0.4 is 5.32 Å². The summed E-state index contributed by atoms with van der Waals surface area (Å²) >= 11 is 1.78. The highest BCUT2D eigenvalue weighted by molar-refractivity contribution is 8.13. The van der Waals surface area contributed by atoms with Crippen molar-refractivity contribution in [3.05, 3.63) is 17.3 Å². The molecular weight excluding hydrogens is 246 g/mol. The van der Waals surface area contributed by atoms with Crippen LogP contribution in [0.5, 0.6) is 0 Å². The minimum absolute atomic E-state index is 0.523. The van der Waals surface area contributed by atoms with E-state index in [-0.39, 0.29) is 0 Å². The fourth-order valence-electron chi connectivity index (χ4n) is 1.89. The molecule has 100 valence electrons. The smallest absolute Gasteiger partial charge is 0.216 e. The summed E-state index contributed by atoms with van der Waals surface area (Å²) in [4.78, 5) is 8.89. The lowest BCUT2D eigenvalue weighted by Crippen LogP contribution is -2.41. The van der Waals surface area contributed by atoms with Gasteiger partial charge in [0, 0.05) is 11.8 Å². The van der Waals surface area contributed by atoms with Gasteiger partial charge in [-0.25, -0.2) is 4.98 Å². The highest BCUT2D eigenvalue weighted by atomic mass is 32.2. The SMILES string of the molecule is Cc1nc(CN=C2NC(C(C)C)CCS2)oc1C. The first-order chi connectivity index (χ1) is 8.56. The zero-order valence-electron chi connectivity index (χ0n) is 11.5. The molecule has 0 aliphatic carbocycles. The summed E-state index contributed by atoms with van der Waals surface area (Å²) in [6, 6.07) is 0.540. The molecular formula is C13H21N3OS. The molecule has 0 amide bonds. The van der Waals surface area contributed by atoms with Crippen LogP contribution in [0.1, 0.15) is 37.6 Å². The van der Waals surface area contributed by atoms with Gasteiger partial charge in [-0.05, 0) is 26.2 Å². The van der Waals surface area contributed by atoms with E-state index in [1.165, 1.54) is 6.42 Å². The fourth-order valence-corrected chi connectivity index (χ4v) is 2.85. The maximum atomic E-state index is 5.52. The van der Waals surface area contributed by atoms with Crippen molar-refractivity contribution in [2.75, 3.05) is 5.75 Å². The Morgan fingerprint density at radius 3 is 2.89 bits per heavy atom. The van der Waals surface area contributed by atoms with Crippen LogP contribution >= 0.6 is 11.8 Å². The number of aryl methyl sites for hydroxylation is 2. The fraction of sp³-hybridized carbons (Fsp3) is 0.692. The number of aromatic nitrogens is 1. The summed E-state index contributed by atoms with van der Waals surface area (Å²) in [5.74, 6) is 3.36. The second-order valence-corrected chi connectivity index (χ2v) is 6.09. The minimum Gasteiger partial charge on any atom is -0.444 e. The van der Waals surface area contributed by atoms with Crippen molar-refractivity contribution in [3.8, 4) is 0 Å². The largest absolute Gasteiger partial charge is 0.444 e. The van der Waals surface area contributed by atoms with Gasteiger partial charge < -0.3 is 9.73 Å². The number of aliphatic imine (C=N–C) groups is 1. The van der Waals surface area contributed by atoms with E-state index >= 15 is 0 Å². The Morgan fingerprint density at radius 1 is 1.50 bits per heavy atom. The lowest BCUT2D eigenvalue weighted by Gasteiger charge is -2.28. The van der Waals surface area contributed by atoms with E-state index in [1.807, 2.05) is 13.8 Å². The molecule has 1 aromatic heterocycles. The van der Waals surface area contributed by atoms with Gasteiger partial charge in [-0.1, -0.05) is 25.6 Å². The lowest BCUT2D eigenvalue weighted by molar-refractivity contribution is 0.441. The summed E-state index contributed by atoms with van der Waals surface area (Å²) in [6.45, 7) is 8.90. The Hall–Kier alpha value is -0.970. The van der Waals surface area contributed by atoms with E-state index in [2.05, 4.69) is 29.1 Å². The second kappa shape index (κ2) is 5.78. The molecule has 2 rings (SSSR count). The van der Waals surface area contributed by atoms with E-state index in [9.17, 15) is 0 Å². The summed E-state index contributed by atoms with van der Waals surface area (Å²) in [5.41, 5.74) is 0.953. The summed E-state index contributed by atoms with van der Waals surface area (Å²) in [5, 5.41) is 4.51. The Kier molecular flexibility index (Phi) is 4.32. The normalized spacial score (nSPS) is 22.5. The molecule has 0 saturated carbocycles. The Bertz CT molecular complexity index is 420. The molecule has 0 spiro atoms. The summed E-state index contributed by atoms with van der Waals surface area (Å²) in [7, 11) is 0. The molecule has 1 fully saturated rings. The summed E-state index contributed by atoms with van der Waals surface area (Å²) in [6.07, 6.45) is 1.21. The van der Waals surface area contributed by atoms with Gasteiger partial charge >= 0.3 is 0 Å².